The second-order valence-corrected chi connectivity index (χ2v) is 6.12. The molecule has 1 amide bonds. The van der Waals surface area contributed by atoms with Crippen LogP contribution in [0.3, 0.4) is 0 Å². The molecule has 0 aliphatic heterocycles. The molecule has 0 atom stereocenters. The van der Waals surface area contributed by atoms with Crippen molar-refractivity contribution in [2.75, 3.05) is 7.11 Å². The fourth-order valence-electron chi connectivity index (χ4n) is 2.66. The van der Waals surface area contributed by atoms with Gasteiger partial charge in [-0.1, -0.05) is 30.3 Å². The zero-order valence-corrected chi connectivity index (χ0v) is 15.0. The van der Waals surface area contributed by atoms with Crippen LogP contribution >= 0.6 is 0 Å². The number of rotatable bonds is 6. The van der Waals surface area contributed by atoms with Crippen molar-refractivity contribution in [3.8, 4) is 17.1 Å². The van der Waals surface area contributed by atoms with Crippen LogP contribution in [0.5, 0.6) is 5.75 Å². The van der Waals surface area contributed by atoms with Crippen LogP contribution in [0.1, 0.15) is 35.8 Å². The van der Waals surface area contributed by atoms with E-state index in [4.69, 9.17) is 4.74 Å². The Labute approximate surface area is 152 Å². The Morgan fingerprint density at radius 1 is 1.19 bits per heavy atom. The van der Waals surface area contributed by atoms with Crippen LogP contribution in [0.15, 0.2) is 48.5 Å². The minimum absolute atomic E-state index is 0.128. The number of aromatic nitrogens is 4. The molecule has 7 nitrogen and oxygen atoms in total. The Hall–Kier alpha value is -3.22. The third-order valence-electron chi connectivity index (χ3n) is 4.00. The molecule has 0 fully saturated rings. The zero-order valence-electron chi connectivity index (χ0n) is 15.0. The van der Waals surface area contributed by atoms with Gasteiger partial charge in [-0.05, 0) is 42.5 Å². The number of nitrogens with one attached hydrogen (secondary N) is 1. The SMILES string of the molecule is COc1ccccc1CNC(=O)c1cccc(-c2nnnn2C(C)C)c1. The lowest BCUT2D eigenvalue weighted by Crippen LogP contribution is -2.23. The summed E-state index contributed by atoms with van der Waals surface area (Å²) in [4.78, 5) is 12.5. The number of ether oxygens (including phenoxy) is 1. The highest BCUT2D eigenvalue weighted by Gasteiger charge is 2.14. The molecule has 26 heavy (non-hydrogen) atoms. The monoisotopic (exact) mass is 351 g/mol. The van der Waals surface area contributed by atoms with Crippen LogP contribution < -0.4 is 10.1 Å². The maximum absolute atomic E-state index is 12.5. The van der Waals surface area contributed by atoms with Crippen molar-refractivity contribution >= 4 is 5.91 Å². The van der Waals surface area contributed by atoms with Crippen LogP contribution in [0.25, 0.3) is 11.4 Å². The minimum Gasteiger partial charge on any atom is -0.496 e. The molecule has 0 unspecified atom stereocenters. The highest BCUT2D eigenvalue weighted by molar-refractivity contribution is 5.95. The Morgan fingerprint density at radius 2 is 2.00 bits per heavy atom. The fraction of sp³-hybridized carbons (Fsp3) is 0.263. The van der Waals surface area contributed by atoms with E-state index in [-0.39, 0.29) is 11.9 Å². The summed E-state index contributed by atoms with van der Waals surface area (Å²) in [6, 6.07) is 15.0. The van der Waals surface area contributed by atoms with Crippen LogP contribution in [-0.2, 0) is 6.54 Å². The summed E-state index contributed by atoms with van der Waals surface area (Å²) in [6.07, 6.45) is 0. The van der Waals surface area contributed by atoms with Crippen LogP contribution in [0.4, 0.5) is 0 Å². The van der Waals surface area contributed by atoms with Gasteiger partial charge < -0.3 is 10.1 Å². The lowest BCUT2D eigenvalue weighted by molar-refractivity contribution is 0.0950. The van der Waals surface area contributed by atoms with Gasteiger partial charge in [-0.15, -0.1) is 5.10 Å². The van der Waals surface area contributed by atoms with Gasteiger partial charge in [0.15, 0.2) is 5.82 Å². The first-order valence-electron chi connectivity index (χ1n) is 8.38. The molecule has 0 aliphatic rings. The van der Waals surface area contributed by atoms with E-state index >= 15 is 0 Å². The molecule has 1 heterocycles. The van der Waals surface area contributed by atoms with E-state index in [2.05, 4.69) is 20.8 Å². The van der Waals surface area contributed by atoms with Gasteiger partial charge in [0, 0.05) is 23.2 Å². The summed E-state index contributed by atoms with van der Waals surface area (Å²) in [5.41, 5.74) is 2.27. The van der Waals surface area contributed by atoms with Gasteiger partial charge in [-0.25, -0.2) is 4.68 Å². The van der Waals surface area contributed by atoms with E-state index in [0.717, 1.165) is 16.9 Å². The average molecular weight is 351 g/mol. The summed E-state index contributed by atoms with van der Waals surface area (Å²) in [7, 11) is 1.61. The number of para-hydroxylation sites is 1. The topological polar surface area (TPSA) is 81.9 Å². The molecule has 1 N–H and O–H groups in total. The molecule has 0 aliphatic carbocycles. The summed E-state index contributed by atoms with van der Waals surface area (Å²) in [6.45, 7) is 4.39. The second kappa shape index (κ2) is 7.77. The van der Waals surface area contributed by atoms with Crippen LogP contribution in [-0.4, -0.2) is 33.2 Å². The largest absolute Gasteiger partial charge is 0.496 e. The van der Waals surface area contributed by atoms with E-state index < -0.39 is 0 Å². The van der Waals surface area contributed by atoms with Gasteiger partial charge >= 0.3 is 0 Å². The maximum Gasteiger partial charge on any atom is 0.251 e. The van der Waals surface area contributed by atoms with E-state index in [0.29, 0.717) is 17.9 Å². The normalized spacial score (nSPS) is 10.8. The van der Waals surface area contributed by atoms with Crippen molar-refractivity contribution in [2.24, 2.45) is 0 Å². The first-order valence-corrected chi connectivity index (χ1v) is 8.38. The van der Waals surface area contributed by atoms with E-state index in [1.807, 2.05) is 50.2 Å². The lowest BCUT2D eigenvalue weighted by atomic mass is 10.1. The number of hydrogen-bond acceptors (Lipinski definition) is 5. The van der Waals surface area contributed by atoms with Gasteiger partial charge in [0.2, 0.25) is 0 Å². The van der Waals surface area contributed by atoms with Gasteiger partial charge in [-0.2, -0.15) is 0 Å². The van der Waals surface area contributed by atoms with Crippen molar-refractivity contribution in [1.29, 1.82) is 0 Å². The number of tetrazole rings is 1. The number of methoxy groups -OCH3 is 1. The summed E-state index contributed by atoms with van der Waals surface area (Å²) < 4.78 is 7.04. The second-order valence-electron chi connectivity index (χ2n) is 6.12. The first-order chi connectivity index (χ1) is 12.6. The van der Waals surface area contributed by atoms with Crippen molar-refractivity contribution in [2.45, 2.75) is 26.4 Å². The highest BCUT2D eigenvalue weighted by atomic mass is 16.5. The summed E-state index contributed by atoms with van der Waals surface area (Å²) >= 11 is 0. The molecule has 0 radical (unpaired) electrons. The van der Waals surface area contributed by atoms with Crippen LogP contribution in [0.2, 0.25) is 0 Å². The number of hydrogen-bond donors (Lipinski definition) is 1. The molecule has 7 heteroatoms. The number of nitrogens with zero attached hydrogens (tertiary/aromatic N) is 4. The van der Waals surface area contributed by atoms with Crippen molar-refractivity contribution in [3.05, 3.63) is 59.7 Å². The molecular formula is C19H21N5O2. The molecule has 0 saturated heterocycles. The Morgan fingerprint density at radius 3 is 2.77 bits per heavy atom. The zero-order chi connectivity index (χ0) is 18.5. The standard InChI is InChI=1S/C19H21N5O2/c1-13(2)24-18(21-22-23-24)14-8-6-9-15(11-14)19(25)20-12-16-7-4-5-10-17(16)26-3/h4-11,13H,12H2,1-3H3,(H,20,25). The molecule has 1 aromatic heterocycles. The third kappa shape index (κ3) is 3.72. The molecular weight excluding hydrogens is 330 g/mol. The highest BCUT2D eigenvalue weighted by Crippen LogP contribution is 2.21. The molecule has 0 spiro atoms. The van der Waals surface area contributed by atoms with Crippen LogP contribution in [0, 0.1) is 0 Å². The van der Waals surface area contributed by atoms with Crippen molar-refractivity contribution in [1.82, 2.24) is 25.5 Å². The van der Waals surface area contributed by atoms with Gasteiger partial charge in [0.05, 0.1) is 13.2 Å². The quantitative estimate of drug-likeness (QED) is 0.738. The van der Waals surface area contributed by atoms with Crippen molar-refractivity contribution in [3.63, 3.8) is 0 Å². The van der Waals surface area contributed by atoms with Gasteiger partial charge in [0.1, 0.15) is 5.75 Å². The van der Waals surface area contributed by atoms with E-state index in [1.54, 1.807) is 23.9 Å². The number of amides is 1. The molecule has 2 aromatic carbocycles. The van der Waals surface area contributed by atoms with Crippen molar-refractivity contribution < 1.29 is 9.53 Å². The van der Waals surface area contributed by atoms with Gasteiger partial charge in [0.25, 0.3) is 5.91 Å². The number of carbonyl (C=O) groups excluding carboxylic acids is 1. The smallest absolute Gasteiger partial charge is 0.251 e. The van der Waals surface area contributed by atoms with Gasteiger partial charge in [-0.3, -0.25) is 4.79 Å². The maximum atomic E-state index is 12.5. The Balaban J connectivity index is 1.77. The summed E-state index contributed by atoms with van der Waals surface area (Å²) in [5, 5.41) is 14.7. The predicted molar refractivity (Wildman–Crippen MR) is 97.8 cm³/mol. The number of benzene rings is 2. The Kier molecular flexibility index (Phi) is 5.26. The molecule has 0 saturated carbocycles. The molecule has 3 aromatic rings. The van der Waals surface area contributed by atoms with E-state index in [1.165, 1.54) is 0 Å². The lowest BCUT2D eigenvalue weighted by Gasteiger charge is -2.11. The first kappa shape index (κ1) is 17.6. The molecule has 3 rings (SSSR count). The molecule has 134 valence electrons. The molecule has 0 bridgehead atoms. The minimum atomic E-state index is -0.165. The third-order valence-corrected chi connectivity index (χ3v) is 4.00. The average Bonchev–Trinajstić information content (AvgIpc) is 3.16. The van der Waals surface area contributed by atoms with E-state index in [9.17, 15) is 4.79 Å². The fourth-order valence-corrected chi connectivity index (χ4v) is 2.66. The summed E-state index contributed by atoms with van der Waals surface area (Å²) in [5.74, 6) is 1.22. The Bertz CT molecular complexity index is 904. The number of carbonyl (C=O) groups is 1. The predicted octanol–water partition coefficient (Wildman–Crippen LogP) is 2.86.